The number of ether oxygens (including phenoxy) is 1. The molecule has 0 aliphatic carbocycles. The van der Waals surface area contributed by atoms with Crippen LogP contribution in [0.15, 0.2) is 57.8 Å². The molecule has 29 heavy (non-hydrogen) atoms. The lowest BCUT2D eigenvalue weighted by Gasteiger charge is -2.14. The monoisotopic (exact) mass is 418 g/mol. The number of carbonyl (C=O) groups is 1. The Morgan fingerprint density at radius 2 is 1.76 bits per heavy atom. The Balaban J connectivity index is 1.88. The van der Waals surface area contributed by atoms with E-state index < -0.39 is 21.7 Å². The van der Waals surface area contributed by atoms with Gasteiger partial charge in [-0.2, -0.15) is 0 Å². The Bertz CT molecular complexity index is 1150. The third-order valence-electron chi connectivity index (χ3n) is 4.11. The summed E-state index contributed by atoms with van der Waals surface area (Å²) in [6.07, 6.45) is 0. The summed E-state index contributed by atoms with van der Waals surface area (Å²) >= 11 is 0. The lowest BCUT2D eigenvalue weighted by molar-refractivity contribution is 0.102. The van der Waals surface area contributed by atoms with E-state index in [-0.39, 0.29) is 16.3 Å². The number of benzene rings is 2. The molecule has 0 aliphatic heterocycles. The van der Waals surface area contributed by atoms with Gasteiger partial charge in [0.05, 0.1) is 23.3 Å². The molecule has 1 heterocycles. The Morgan fingerprint density at radius 3 is 2.34 bits per heavy atom. The van der Waals surface area contributed by atoms with E-state index in [1.807, 2.05) is 0 Å². The molecule has 0 unspecified atom stereocenters. The normalized spacial score (nSPS) is 11.2. The van der Waals surface area contributed by atoms with E-state index in [0.717, 1.165) is 24.3 Å². The van der Waals surface area contributed by atoms with Crippen molar-refractivity contribution in [3.63, 3.8) is 0 Å². The van der Waals surface area contributed by atoms with Gasteiger partial charge in [-0.05, 0) is 62.4 Å². The fourth-order valence-corrected chi connectivity index (χ4v) is 3.80. The van der Waals surface area contributed by atoms with Crippen LogP contribution in [0.5, 0.6) is 5.75 Å². The van der Waals surface area contributed by atoms with Gasteiger partial charge in [-0.15, -0.1) is 0 Å². The number of carbonyl (C=O) groups excluding carboxylic acids is 1. The highest BCUT2D eigenvalue weighted by Crippen LogP contribution is 2.30. The Labute approximate surface area is 167 Å². The highest BCUT2D eigenvalue weighted by atomic mass is 32.2. The van der Waals surface area contributed by atoms with Gasteiger partial charge in [-0.3, -0.25) is 9.52 Å². The van der Waals surface area contributed by atoms with Gasteiger partial charge in [0.25, 0.3) is 15.9 Å². The molecule has 0 radical (unpaired) electrons. The molecule has 1 aromatic heterocycles. The number of anilines is 2. The molecule has 152 valence electrons. The summed E-state index contributed by atoms with van der Waals surface area (Å²) in [5, 5.41) is 2.70. The second kappa shape index (κ2) is 7.96. The third-order valence-corrected chi connectivity index (χ3v) is 5.49. The number of nitrogens with one attached hydrogen (secondary N) is 2. The number of rotatable bonds is 6. The van der Waals surface area contributed by atoms with E-state index in [4.69, 9.17) is 9.15 Å². The van der Waals surface area contributed by atoms with E-state index in [9.17, 15) is 17.6 Å². The van der Waals surface area contributed by atoms with Crippen LogP contribution in [0, 0.1) is 19.7 Å². The number of amides is 1. The van der Waals surface area contributed by atoms with Gasteiger partial charge < -0.3 is 14.5 Å². The van der Waals surface area contributed by atoms with Gasteiger partial charge in [0.2, 0.25) is 0 Å². The molecule has 0 atom stereocenters. The number of sulfonamides is 1. The molecular formula is C20H19FN2O5S. The minimum atomic E-state index is -3.99. The van der Waals surface area contributed by atoms with Crippen molar-refractivity contribution in [3.05, 3.63) is 71.4 Å². The van der Waals surface area contributed by atoms with Crippen LogP contribution in [0.1, 0.15) is 21.9 Å². The molecule has 0 saturated heterocycles. The second-order valence-corrected chi connectivity index (χ2v) is 7.94. The topological polar surface area (TPSA) is 97.6 Å². The van der Waals surface area contributed by atoms with E-state index in [1.165, 1.54) is 19.2 Å². The quantitative estimate of drug-likeness (QED) is 0.628. The minimum absolute atomic E-state index is 0.111. The van der Waals surface area contributed by atoms with Crippen molar-refractivity contribution < 1.29 is 26.8 Å². The summed E-state index contributed by atoms with van der Waals surface area (Å²) in [4.78, 5) is 12.4. The van der Waals surface area contributed by atoms with Gasteiger partial charge in [0.15, 0.2) is 0 Å². The van der Waals surface area contributed by atoms with E-state index in [0.29, 0.717) is 22.8 Å². The Kier molecular flexibility index (Phi) is 5.60. The number of hydrogen-bond donors (Lipinski definition) is 2. The molecule has 2 N–H and O–H groups in total. The number of aryl methyl sites for hydroxylation is 2. The van der Waals surface area contributed by atoms with Crippen molar-refractivity contribution in [2.24, 2.45) is 0 Å². The third kappa shape index (κ3) is 4.57. The smallest absolute Gasteiger partial charge is 0.262 e. The molecular weight excluding hydrogens is 399 g/mol. The summed E-state index contributed by atoms with van der Waals surface area (Å²) < 4.78 is 51.2. The van der Waals surface area contributed by atoms with Crippen LogP contribution in [-0.4, -0.2) is 21.4 Å². The van der Waals surface area contributed by atoms with Crippen molar-refractivity contribution >= 4 is 27.3 Å². The average molecular weight is 418 g/mol. The fraction of sp³-hybridized carbons (Fsp3) is 0.150. The van der Waals surface area contributed by atoms with Crippen molar-refractivity contribution in [1.82, 2.24) is 0 Å². The summed E-state index contributed by atoms with van der Waals surface area (Å²) in [5.74, 6) is 0.401. The van der Waals surface area contributed by atoms with Crippen molar-refractivity contribution in [3.8, 4) is 5.75 Å². The standard InChI is InChI=1S/C20H19FN2O5S/c1-12-10-17(13(2)28-12)20(24)22-15-6-9-19(27-3)18(11-15)23-29(25,26)16-7-4-14(21)5-8-16/h4-11,23H,1-3H3,(H,22,24). The Hall–Kier alpha value is -3.33. The van der Waals surface area contributed by atoms with Crippen LogP contribution in [0.3, 0.4) is 0 Å². The van der Waals surface area contributed by atoms with Gasteiger partial charge >= 0.3 is 0 Å². The zero-order chi connectivity index (χ0) is 21.2. The molecule has 3 aromatic rings. The van der Waals surface area contributed by atoms with E-state index in [2.05, 4.69) is 10.0 Å². The SMILES string of the molecule is COc1ccc(NC(=O)c2cc(C)oc2C)cc1NS(=O)(=O)c1ccc(F)cc1. The molecule has 0 bridgehead atoms. The summed E-state index contributed by atoms with van der Waals surface area (Å²) in [6.45, 7) is 3.41. The first-order valence-corrected chi connectivity index (χ1v) is 10.0. The minimum Gasteiger partial charge on any atom is -0.495 e. The van der Waals surface area contributed by atoms with Crippen LogP contribution in [0.25, 0.3) is 0 Å². The van der Waals surface area contributed by atoms with E-state index >= 15 is 0 Å². The first-order chi connectivity index (χ1) is 13.7. The van der Waals surface area contributed by atoms with Gasteiger partial charge in [0.1, 0.15) is 23.1 Å². The maximum atomic E-state index is 13.1. The zero-order valence-electron chi connectivity index (χ0n) is 15.9. The van der Waals surface area contributed by atoms with Crippen molar-refractivity contribution in [2.75, 3.05) is 17.1 Å². The van der Waals surface area contributed by atoms with Gasteiger partial charge in [-0.25, -0.2) is 12.8 Å². The van der Waals surface area contributed by atoms with Gasteiger partial charge in [-0.1, -0.05) is 0 Å². The molecule has 0 saturated carbocycles. The molecule has 2 aromatic carbocycles. The van der Waals surface area contributed by atoms with Crippen LogP contribution >= 0.6 is 0 Å². The zero-order valence-corrected chi connectivity index (χ0v) is 16.8. The molecule has 7 nitrogen and oxygen atoms in total. The van der Waals surface area contributed by atoms with Crippen LogP contribution in [0.2, 0.25) is 0 Å². The lowest BCUT2D eigenvalue weighted by Crippen LogP contribution is -2.15. The number of furan rings is 1. The fourth-order valence-electron chi connectivity index (χ4n) is 2.74. The predicted molar refractivity (Wildman–Crippen MR) is 106 cm³/mol. The summed E-state index contributed by atoms with van der Waals surface area (Å²) in [7, 11) is -2.60. The lowest BCUT2D eigenvalue weighted by atomic mass is 10.2. The second-order valence-electron chi connectivity index (χ2n) is 6.26. The highest BCUT2D eigenvalue weighted by Gasteiger charge is 2.18. The van der Waals surface area contributed by atoms with Crippen LogP contribution < -0.4 is 14.8 Å². The maximum absolute atomic E-state index is 13.1. The Morgan fingerprint density at radius 1 is 1.07 bits per heavy atom. The van der Waals surface area contributed by atoms with Crippen LogP contribution in [-0.2, 0) is 10.0 Å². The average Bonchev–Trinajstić information content (AvgIpc) is 3.00. The largest absolute Gasteiger partial charge is 0.495 e. The van der Waals surface area contributed by atoms with Crippen LogP contribution in [0.4, 0.5) is 15.8 Å². The molecule has 0 aliphatic rings. The summed E-state index contributed by atoms with van der Waals surface area (Å²) in [6, 6.07) is 10.6. The maximum Gasteiger partial charge on any atom is 0.262 e. The first kappa shape index (κ1) is 20.4. The predicted octanol–water partition coefficient (Wildman–Crippen LogP) is 4.10. The van der Waals surface area contributed by atoms with Crippen molar-refractivity contribution in [1.29, 1.82) is 0 Å². The summed E-state index contributed by atoms with van der Waals surface area (Å²) in [5.41, 5.74) is 0.854. The number of methoxy groups -OCH3 is 1. The van der Waals surface area contributed by atoms with Gasteiger partial charge in [0, 0.05) is 5.69 Å². The molecule has 1 amide bonds. The number of halogens is 1. The molecule has 0 fully saturated rings. The molecule has 9 heteroatoms. The van der Waals surface area contributed by atoms with Crippen molar-refractivity contribution in [2.45, 2.75) is 18.7 Å². The van der Waals surface area contributed by atoms with E-state index in [1.54, 1.807) is 26.0 Å². The molecule has 3 rings (SSSR count). The number of hydrogen-bond acceptors (Lipinski definition) is 5. The first-order valence-electron chi connectivity index (χ1n) is 8.54. The highest BCUT2D eigenvalue weighted by molar-refractivity contribution is 7.92. The molecule has 0 spiro atoms.